The average molecular weight is 381 g/mol. The number of aromatic nitrogens is 3. The highest BCUT2D eigenvalue weighted by Crippen LogP contribution is 2.23. The van der Waals surface area contributed by atoms with Gasteiger partial charge in [0, 0.05) is 18.7 Å². The molecule has 2 aromatic carbocycles. The summed E-state index contributed by atoms with van der Waals surface area (Å²) in [5.74, 6) is 1.45. The Balaban J connectivity index is 1.55. The van der Waals surface area contributed by atoms with E-state index in [4.69, 9.17) is 0 Å². The number of thioether (sulfide) groups is 1. The van der Waals surface area contributed by atoms with Gasteiger partial charge in [-0.2, -0.15) is 0 Å². The maximum Gasteiger partial charge on any atom is 0.230 e. The summed E-state index contributed by atoms with van der Waals surface area (Å²) in [7, 11) is 0. The van der Waals surface area contributed by atoms with E-state index in [1.807, 2.05) is 53.1 Å². The molecule has 1 N–H and O–H groups in total. The molecule has 3 aromatic rings. The van der Waals surface area contributed by atoms with Gasteiger partial charge in [-0.15, -0.1) is 10.2 Å². The van der Waals surface area contributed by atoms with E-state index in [0.717, 1.165) is 23.1 Å². The summed E-state index contributed by atoms with van der Waals surface area (Å²) < 4.78 is 2.04. The van der Waals surface area contributed by atoms with Crippen LogP contribution in [-0.4, -0.2) is 33.0 Å². The van der Waals surface area contributed by atoms with E-state index in [2.05, 4.69) is 41.5 Å². The number of carbonyl (C=O) groups excluding carboxylic acids is 1. The molecule has 0 fully saturated rings. The molecule has 27 heavy (non-hydrogen) atoms. The summed E-state index contributed by atoms with van der Waals surface area (Å²) in [4.78, 5) is 12.2. The smallest absolute Gasteiger partial charge is 0.230 e. The van der Waals surface area contributed by atoms with Crippen molar-refractivity contribution in [1.29, 1.82) is 0 Å². The van der Waals surface area contributed by atoms with Gasteiger partial charge in [-0.1, -0.05) is 79.3 Å². The van der Waals surface area contributed by atoms with E-state index in [1.54, 1.807) is 0 Å². The highest BCUT2D eigenvalue weighted by atomic mass is 32.2. The Morgan fingerprint density at radius 2 is 1.74 bits per heavy atom. The van der Waals surface area contributed by atoms with Crippen LogP contribution in [-0.2, 0) is 11.3 Å². The number of nitrogens with one attached hydrogen (secondary N) is 1. The van der Waals surface area contributed by atoms with E-state index in [0.29, 0.717) is 12.3 Å². The maximum atomic E-state index is 12.2. The van der Waals surface area contributed by atoms with Gasteiger partial charge in [0.05, 0.1) is 5.75 Å². The second kappa shape index (κ2) is 9.37. The Morgan fingerprint density at radius 3 is 2.41 bits per heavy atom. The number of hydrogen-bond acceptors (Lipinski definition) is 4. The second-order valence-corrected chi connectivity index (χ2v) is 7.26. The summed E-state index contributed by atoms with van der Waals surface area (Å²) in [6.45, 7) is 5.55. The first-order chi connectivity index (χ1) is 13.2. The lowest BCUT2D eigenvalue weighted by Gasteiger charge is -2.13. The molecular weight excluding hydrogens is 356 g/mol. The van der Waals surface area contributed by atoms with Crippen LogP contribution in [0.5, 0.6) is 0 Å². The molecule has 1 atom stereocenters. The molecule has 0 bridgehead atoms. The van der Waals surface area contributed by atoms with Crippen LogP contribution >= 0.6 is 11.8 Å². The summed E-state index contributed by atoms with van der Waals surface area (Å²) in [5.41, 5.74) is 2.25. The molecule has 1 amide bonds. The first-order valence-corrected chi connectivity index (χ1v) is 10.1. The van der Waals surface area contributed by atoms with Crippen LogP contribution < -0.4 is 5.32 Å². The van der Waals surface area contributed by atoms with Crippen LogP contribution in [0.15, 0.2) is 65.8 Å². The molecule has 140 valence electrons. The van der Waals surface area contributed by atoms with Gasteiger partial charge in [0.25, 0.3) is 0 Å². The molecule has 0 unspecified atom stereocenters. The van der Waals surface area contributed by atoms with Crippen molar-refractivity contribution in [2.75, 3.05) is 12.3 Å². The number of rotatable bonds is 8. The predicted octanol–water partition coefficient (Wildman–Crippen LogP) is 3.98. The van der Waals surface area contributed by atoms with Crippen LogP contribution in [0, 0.1) is 0 Å². The lowest BCUT2D eigenvalue weighted by molar-refractivity contribution is -0.118. The van der Waals surface area contributed by atoms with Gasteiger partial charge >= 0.3 is 0 Å². The number of benzene rings is 2. The van der Waals surface area contributed by atoms with Crippen molar-refractivity contribution in [3.8, 4) is 11.4 Å². The molecule has 0 aliphatic heterocycles. The van der Waals surface area contributed by atoms with Crippen LogP contribution in [0.2, 0.25) is 0 Å². The lowest BCUT2D eigenvalue weighted by atomic mass is 10.0. The van der Waals surface area contributed by atoms with E-state index < -0.39 is 0 Å². The first-order valence-electron chi connectivity index (χ1n) is 9.12. The Labute approximate surface area is 164 Å². The van der Waals surface area contributed by atoms with Gasteiger partial charge in [0.15, 0.2) is 11.0 Å². The molecular formula is C21H24N4OS. The Bertz CT molecular complexity index is 864. The van der Waals surface area contributed by atoms with Crippen molar-refractivity contribution in [1.82, 2.24) is 20.1 Å². The molecule has 0 saturated heterocycles. The third-order valence-corrected chi connectivity index (χ3v) is 5.34. The van der Waals surface area contributed by atoms with Crippen LogP contribution in [0.25, 0.3) is 11.4 Å². The Hall–Kier alpha value is -2.60. The molecule has 0 spiro atoms. The number of hydrogen-bond donors (Lipinski definition) is 1. The highest BCUT2D eigenvalue weighted by molar-refractivity contribution is 7.99. The minimum absolute atomic E-state index is 0.00898. The fraction of sp³-hybridized carbons (Fsp3) is 0.286. The zero-order valence-corrected chi connectivity index (χ0v) is 16.4. The summed E-state index contributed by atoms with van der Waals surface area (Å²) in [6, 6.07) is 20.2. The van der Waals surface area contributed by atoms with E-state index in [1.165, 1.54) is 17.3 Å². The molecule has 0 aliphatic rings. The van der Waals surface area contributed by atoms with E-state index >= 15 is 0 Å². The predicted molar refractivity (Wildman–Crippen MR) is 110 cm³/mol. The van der Waals surface area contributed by atoms with Gasteiger partial charge in [-0.25, -0.2) is 0 Å². The molecule has 3 rings (SSSR count). The highest BCUT2D eigenvalue weighted by Gasteiger charge is 2.15. The van der Waals surface area contributed by atoms with Crippen molar-refractivity contribution in [2.45, 2.75) is 31.5 Å². The number of amides is 1. The summed E-state index contributed by atoms with van der Waals surface area (Å²) >= 11 is 1.42. The van der Waals surface area contributed by atoms with E-state index in [-0.39, 0.29) is 11.8 Å². The molecule has 0 saturated carbocycles. The molecule has 0 radical (unpaired) electrons. The molecule has 6 heteroatoms. The standard InChI is InChI=1S/C21H24N4OS/c1-3-25-20(18-12-8-5-9-13-18)23-24-21(25)27-15-19(26)22-14-16(2)17-10-6-4-7-11-17/h4-13,16H,3,14-15H2,1-2H3,(H,22,26)/t16-/m0/s1. The third kappa shape index (κ3) is 4.98. The largest absolute Gasteiger partial charge is 0.355 e. The third-order valence-electron chi connectivity index (χ3n) is 4.37. The quantitative estimate of drug-likeness (QED) is 0.601. The van der Waals surface area contributed by atoms with Crippen molar-refractivity contribution in [3.63, 3.8) is 0 Å². The van der Waals surface area contributed by atoms with Gasteiger partial charge in [0.1, 0.15) is 0 Å². The fourth-order valence-electron chi connectivity index (χ4n) is 2.83. The van der Waals surface area contributed by atoms with Crippen molar-refractivity contribution in [3.05, 3.63) is 66.2 Å². The van der Waals surface area contributed by atoms with Crippen molar-refractivity contribution >= 4 is 17.7 Å². The molecule has 1 heterocycles. The molecule has 0 aliphatic carbocycles. The van der Waals surface area contributed by atoms with Crippen molar-refractivity contribution < 1.29 is 4.79 Å². The fourth-order valence-corrected chi connectivity index (χ4v) is 3.66. The summed E-state index contributed by atoms with van der Waals surface area (Å²) in [6.07, 6.45) is 0. The SMILES string of the molecule is CCn1c(SCC(=O)NC[C@H](C)c2ccccc2)nnc1-c1ccccc1. The van der Waals surface area contributed by atoms with Gasteiger partial charge < -0.3 is 9.88 Å². The normalized spacial score (nSPS) is 11.9. The van der Waals surface area contributed by atoms with Crippen molar-refractivity contribution in [2.24, 2.45) is 0 Å². The first kappa shape index (κ1) is 19.2. The Kier molecular flexibility index (Phi) is 6.65. The number of carbonyl (C=O) groups is 1. The van der Waals surface area contributed by atoms with Gasteiger partial charge in [-0.05, 0) is 18.4 Å². The zero-order chi connectivity index (χ0) is 19.1. The summed E-state index contributed by atoms with van der Waals surface area (Å²) in [5, 5.41) is 12.4. The molecule has 5 nitrogen and oxygen atoms in total. The second-order valence-electron chi connectivity index (χ2n) is 6.32. The minimum atomic E-state index is 0.00898. The van der Waals surface area contributed by atoms with Crippen LogP contribution in [0.3, 0.4) is 0 Å². The van der Waals surface area contributed by atoms with Crippen LogP contribution in [0.4, 0.5) is 0 Å². The maximum absolute atomic E-state index is 12.2. The average Bonchev–Trinajstić information content (AvgIpc) is 3.14. The molecule has 1 aromatic heterocycles. The zero-order valence-electron chi connectivity index (χ0n) is 15.6. The Morgan fingerprint density at radius 1 is 1.07 bits per heavy atom. The minimum Gasteiger partial charge on any atom is -0.355 e. The monoisotopic (exact) mass is 380 g/mol. The number of nitrogens with zero attached hydrogens (tertiary/aromatic N) is 3. The van der Waals surface area contributed by atoms with Crippen LogP contribution in [0.1, 0.15) is 25.3 Å². The van der Waals surface area contributed by atoms with Gasteiger partial charge in [0.2, 0.25) is 5.91 Å². The van der Waals surface area contributed by atoms with Gasteiger partial charge in [-0.3, -0.25) is 4.79 Å². The topological polar surface area (TPSA) is 59.8 Å². The lowest BCUT2D eigenvalue weighted by Crippen LogP contribution is -2.29. The van der Waals surface area contributed by atoms with E-state index in [9.17, 15) is 4.79 Å².